The summed E-state index contributed by atoms with van der Waals surface area (Å²) in [7, 11) is 0. The lowest BCUT2D eigenvalue weighted by molar-refractivity contribution is -0.123. The minimum atomic E-state index is 0.177. The van der Waals surface area contributed by atoms with Crippen LogP contribution in [0.25, 0.3) is 0 Å². The number of aryl methyl sites for hydroxylation is 1. The van der Waals surface area contributed by atoms with Crippen LogP contribution >= 0.6 is 0 Å². The number of piperazine rings is 1. The van der Waals surface area contributed by atoms with Crippen LogP contribution in [0.5, 0.6) is 0 Å². The zero-order valence-corrected chi connectivity index (χ0v) is 11.9. The summed E-state index contributed by atoms with van der Waals surface area (Å²) in [6.45, 7) is 4.47. The molecular weight excluding hydrogens is 250 g/mol. The number of fused-ring (bicyclic) bond motifs is 1. The van der Waals surface area contributed by atoms with Gasteiger partial charge in [-0.3, -0.25) is 9.69 Å². The molecular formula is C16H23N3O. The molecule has 1 aromatic rings. The summed E-state index contributed by atoms with van der Waals surface area (Å²) in [6, 6.07) is 8.88. The predicted molar refractivity (Wildman–Crippen MR) is 79.7 cm³/mol. The topological polar surface area (TPSA) is 44.4 Å². The SMILES string of the molecule is O=C(CN1CCNCC1)NC1CCc2ccccc2C1. The van der Waals surface area contributed by atoms with Gasteiger partial charge < -0.3 is 10.6 Å². The number of benzene rings is 1. The number of rotatable bonds is 3. The summed E-state index contributed by atoms with van der Waals surface area (Å²) < 4.78 is 0. The fourth-order valence-corrected chi connectivity index (χ4v) is 3.17. The first-order chi connectivity index (χ1) is 9.81. The van der Waals surface area contributed by atoms with Crippen molar-refractivity contribution in [1.82, 2.24) is 15.5 Å². The first-order valence-electron chi connectivity index (χ1n) is 7.60. The van der Waals surface area contributed by atoms with Crippen LogP contribution in [0.3, 0.4) is 0 Å². The van der Waals surface area contributed by atoms with Crippen LogP contribution in [0.4, 0.5) is 0 Å². The normalized spacial score (nSPS) is 23.1. The molecule has 1 aliphatic heterocycles. The molecule has 0 saturated carbocycles. The Labute approximate surface area is 120 Å². The average molecular weight is 273 g/mol. The van der Waals surface area contributed by atoms with Crippen LogP contribution in [0.1, 0.15) is 17.5 Å². The fraction of sp³-hybridized carbons (Fsp3) is 0.562. The number of hydrogen-bond donors (Lipinski definition) is 2. The Balaban J connectivity index is 1.50. The van der Waals surface area contributed by atoms with Gasteiger partial charge in [0.1, 0.15) is 0 Å². The van der Waals surface area contributed by atoms with Crippen molar-refractivity contribution < 1.29 is 4.79 Å². The Kier molecular flexibility index (Phi) is 4.33. The molecule has 108 valence electrons. The molecule has 2 N–H and O–H groups in total. The van der Waals surface area contributed by atoms with Crippen molar-refractivity contribution in [2.75, 3.05) is 32.7 Å². The minimum Gasteiger partial charge on any atom is -0.352 e. The van der Waals surface area contributed by atoms with Gasteiger partial charge in [0, 0.05) is 32.2 Å². The van der Waals surface area contributed by atoms with E-state index in [4.69, 9.17) is 0 Å². The molecule has 0 radical (unpaired) electrons. The first-order valence-corrected chi connectivity index (χ1v) is 7.60. The Hall–Kier alpha value is -1.39. The summed E-state index contributed by atoms with van der Waals surface area (Å²) in [5, 5.41) is 6.51. The van der Waals surface area contributed by atoms with Crippen molar-refractivity contribution in [3.8, 4) is 0 Å². The molecule has 1 unspecified atom stereocenters. The highest BCUT2D eigenvalue weighted by molar-refractivity contribution is 5.78. The van der Waals surface area contributed by atoms with Gasteiger partial charge in [-0.05, 0) is 30.4 Å². The third-order valence-corrected chi connectivity index (χ3v) is 4.29. The van der Waals surface area contributed by atoms with Crippen molar-refractivity contribution in [2.24, 2.45) is 0 Å². The van der Waals surface area contributed by atoms with Gasteiger partial charge in [0.25, 0.3) is 0 Å². The molecule has 4 nitrogen and oxygen atoms in total. The molecule has 1 aliphatic carbocycles. The Morgan fingerprint density at radius 3 is 2.80 bits per heavy atom. The maximum absolute atomic E-state index is 12.1. The van der Waals surface area contributed by atoms with E-state index in [1.807, 2.05) is 0 Å². The van der Waals surface area contributed by atoms with Crippen LogP contribution in [-0.4, -0.2) is 49.6 Å². The predicted octanol–water partition coefficient (Wildman–Crippen LogP) is 0.565. The van der Waals surface area contributed by atoms with Gasteiger partial charge in [-0.2, -0.15) is 0 Å². The number of hydrogen-bond acceptors (Lipinski definition) is 3. The van der Waals surface area contributed by atoms with E-state index in [1.165, 1.54) is 11.1 Å². The Morgan fingerprint density at radius 1 is 1.25 bits per heavy atom. The van der Waals surface area contributed by atoms with Gasteiger partial charge in [0.05, 0.1) is 6.54 Å². The molecule has 4 heteroatoms. The van der Waals surface area contributed by atoms with E-state index in [0.29, 0.717) is 12.6 Å². The zero-order valence-electron chi connectivity index (χ0n) is 11.9. The maximum Gasteiger partial charge on any atom is 0.234 e. The van der Waals surface area contributed by atoms with Crippen molar-refractivity contribution >= 4 is 5.91 Å². The van der Waals surface area contributed by atoms with Crippen LogP contribution in [0, 0.1) is 0 Å². The van der Waals surface area contributed by atoms with Crippen molar-refractivity contribution in [3.63, 3.8) is 0 Å². The van der Waals surface area contributed by atoms with E-state index in [9.17, 15) is 4.79 Å². The second-order valence-electron chi connectivity index (χ2n) is 5.80. The molecule has 1 heterocycles. The fourth-order valence-electron chi connectivity index (χ4n) is 3.17. The standard InChI is InChI=1S/C16H23N3O/c20-16(12-19-9-7-17-8-10-19)18-15-6-5-13-3-1-2-4-14(13)11-15/h1-4,15,17H,5-12H2,(H,18,20). The van der Waals surface area contributed by atoms with E-state index in [0.717, 1.165) is 45.4 Å². The zero-order chi connectivity index (χ0) is 13.8. The molecule has 3 rings (SSSR count). The Morgan fingerprint density at radius 2 is 2.00 bits per heavy atom. The molecule has 2 aliphatic rings. The van der Waals surface area contributed by atoms with Gasteiger partial charge in [0.15, 0.2) is 0 Å². The third kappa shape index (κ3) is 3.38. The van der Waals surface area contributed by atoms with E-state index in [2.05, 4.69) is 39.8 Å². The van der Waals surface area contributed by atoms with E-state index in [1.54, 1.807) is 0 Å². The molecule has 1 fully saturated rings. The number of carbonyl (C=O) groups excluding carboxylic acids is 1. The summed E-state index contributed by atoms with van der Waals surface area (Å²) in [5.41, 5.74) is 2.84. The van der Waals surface area contributed by atoms with Crippen LogP contribution in [0.15, 0.2) is 24.3 Å². The average Bonchev–Trinajstić information content (AvgIpc) is 2.48. The third-order valence-electron chi connectivity index (χ3n) is 4.29. The lowest BCUT2D eigenvalue weighted by atomic mass is 9.88. The van der Waals surface area contributed by atoms with Crippen LogP contribution in [-0.2, 0) is 17.6 Å². The molecule has 0 aromatic heterocycles. The van der Waals surface area contributed by atoms with Gasteiger partial charge in [-0.25, -0.2) is 0 Å². The van der Waals surface area contributed by atoms with E-state index in [-0.39, 0.29) is 5.91 Å². The number of nitrogens with one attached hydrogen (secondary N) is 2. The summed E-state index contributed by atoms with van der Waals surface area (Å²) in [4.78, 5) is 14.3. The van der Waals surface area contributed by atoms with Gasteiger partial charge in [-0.15, -0.1) is 0 Å². The van der Waals surface area contributed by atoms with Gasteiger partial charge >= 0.3 is 0 Å². The maximum atomic E-state index is 12.1. The van der Waals surface area contributed by atoms with E-state index < -0.39 is 0 Å². The van der Waals surface area contributed by atoms with Crippen LogP contribution < -0.4 is 10.6 Å². The lowest BCUT2D eigenvalue weighted by Gasteiger charge is -2.29. The smallest absolute Gasteiger partial charge is 0.234 e. The van der Waals surface area contributed by atoms with Crippen molar-refractivity contribution in [1.29, 1.82) is 0 Å². The molecule has 1 amide bonds. The molecule has 1 atom stereocenters. The Bertz CT molecular complexity index is 469. The van der Waals surface area contributed by atoms with Crippen LogP contribution in [0.2, 0.25) is 0 Å². The highest BCUT2D eigenvalue weighted by Crippen LogP contribution is 2.20. The van der Waals surface area contributed by atoms with E-state index >= 15 is 0 Å². The highest BCUT2D eigenvalue weighted by atomic mass is 16.2. The molecule has 0 spiro atoms. The van der Waals surface area contributed by atoms with Gasteiger partial charge in [-0.1, -0.05) is 24.3 Å². The summed E-state index contributed by atoms with van der Waals surface area (Å²) >= 11 is 0. The quantitative estimate of drug-likeness (QED) is 0.846. The number of nitrogens with zero attached hydrogens (tertiary/aromatic N) is 1. The number of carbonyl (C=O) groups is 1. The van der Waals surface area contributed by atoms with Crippen molar-refractivity contribution in [2.45, 2.75) is 25.3 Å². The van der Waals surface area contributed by atoms with Gasteiger partial charge in [0.2, 0.25) is 5.91 Å². The van der Waals surface area contributed by atoms with Crippen molar-refractivity contribution in [3.05, 3.63) is 35.4 Å². The second-order valence-corrected chi connectivity index (χ2v) is 5.80. The first kappa shape index (κ1) is 13.6. The number of amides is 1. The summed E-state index contributed by atoms with van der Waals surface area (Å²) in [5.74, 6) is 0.177. The molecule has 0 bridgehead atoms. The largest absolute Gasteiger partial charge is 0.352 e. The lowest BCUT2D eigenvalue weighted by Crippen LogP contribution is -2.49. The summed E-state index contributed by atoms with van der Waals surface area (Å²) in [6.07, 6.45) is 3.11. The second kappa shape index (κ2) is 6.37. The highest BCUT2D eigenvalue weighted by Gasteiger charge is 2.21. The monoisotopic (exact) mass is 273 g/mol. The molecule has 20 heavy (non-hydrogen) atoms. The molecule has 1 aromatic carbocycles. The molecule has 1 saturated heterocycles. The minimum absolute atomic E-state index is 0.177.